The maximum atomic E-state index is 10.5. The van der Waals surface area contributed by atoms with E-state index in [2.05, 4.69) is 4.98 Å². The summed E-state index contributed by atoms with van der Waals surface area (Å²) in [6.07, 6.45) is 1.76. The molecule has 5 heteroatoms. The van der Waals surface area contributed by atoms with Gasteiger partial charge in [0.2, 0.25) is 5.88 Å². The van der Waals surface area contributed by atoms with E-state index in [1.54, 1.807) is 29.7 Å². The molecule has 2 aromatic rings. The molecular formula is C14H10N2OS2. The van der Waals surface area contributed by atoms with Crippen LogP contribution in [0.1, 0.15) is 5.56 Å². The third-order valence-electron chi connectivity index (χ3n) is 3.10. The van der Waals surface area contributed by atoms with Gasteiger partial charge in [0.15, 0.2) is 5.82 Å². The summed E-state index contributed by atoms with van der Waals surface area (Å²) in [5.41, 5.74) is 1.05. The predicted molar refractivity (Wildman–Crippen MR) is 79.9 cm³/mol. The lowest BCUT2D eigenvalue weighted by Gasteiger charge is -2.15. The van der Waals surface area contributed by atoms with Gasteiger partial charge in [-0.2, -0.15) is 0 Å². The van der Waals surface area contributed by atoms with Crippen LogP contribution >= 0.6 is 23.5 Å². The molecule has 19 heavy (non-hydrogen) atoms. The largest absolute Gasteiger partial charge is 0.494 e. The first-order chi connectivity index (χ1) is 9.34. The molecule has 0 radical (unpaired) electrons. The quantitative estimate of drug-likeness (QED) is 0.860. The van der Waals surface area contributed by atoms with Crippen molar-refractivity contribution in [2.24, 2.45) is 0 Å². The second-order valence-electron chi connectivity index (χ2n) is 4.26. The van der Waals surface area contributed by atoms with Crippen LogP contribution in [0.15, 0.2) is 59.4 Å². The molecule has 2 aliphatic heterocycles. The molecule has 0 fully saturated rings. The summed E-state index contributed by atoms with van der Waals surface area (Å²) >= 11 is 3.41. The fourth-order valence-electron chi connectivity index (χ4n) is 2.24. The summed E-state index contributed by atoms with van der Waals surface area (Å²) in [6, 6.07) is 14.0. The summed E-state index contributed by atoms with van der Waals surface area (Å²) in [6.45, 7) is 0. The second-order valence-corrected chi connectivity index (χ2v) is 6.77. The van der Waals surface area contributed by atoms with Crippen molar-refractivity contribution in [3.05, 3.63) is 60.1 Å². The molecule has 0 saturated carbocycles. The number of aromatic nitrogens is 1. The highest BCUT2D eigenvalue weighted by molar-refractivity contribution is 8.22. The summed E-state index contributed by atoms with van der Waals surface area (Å²) in [5.74, 6) is 1.17. The summed E-state index contributed by atoms with van der Waals surface area (Å²) in [4.78, 5) is 8.34. The van der Waals surface area contributed by atoms with Crippen molar-refractivity contribution in [3.63, 3.8) is 0 Å². The normalized spacial score (nSPS) is 20.6. The van der Waals surface area contributed by atoms with Gasteiger partial charge in [0, 0.05) is 6.20 Å². The molecule has 1 aromatic carbocycles. The van der Waals surface area contributed by atoms with E-state index in [4.69, 9.17) is 0 Å². The van der Waals surface area contributed by atoms with E-state index >= 15 is 0 Å². The highest BCUT2D eigenvalue weighted by Crippen LogP contribution is 2.56. The van der Waals surface area contributed by atoms with Crippen LogP contribution in [0.3, 0.4) is 0 Å². The van der Waals surface area contributed by atoms with Crippen molar-refractivity contribution in [1.82, 2.24) is 4.98 Å². The van der Waals surface area contributed by atoms with Gasteiger partial charge in [0.1, 0.15) is 4.71 Å². The molecule has 0 saturated heterocycles. The topological polar surface area (TPSA) is 36.4 Å². The number of benzene rings is 1. The Hall–Kier alpha value is -1.59. The average Bonchev–Trinajstić information content (AvgIpc) is 2.97. The summed E-state index contributed by atoms with van der Waals surface area (Å²) in [5, 5.41) is 10.5. The zero-order valence-electron chi connectivity index (χ0n) is 9.85. The zero-order chi connectivity index (χ0) is 12.8. The smallest absolute Gasteiger partial charge is 0.209 e. The number of aliphatic hydroxyl groups is 1. The van der Waals surface area contributed by atoms with Crippen LogP contribution in [0.25, 0.3) is 4.91 Å². The summed E-state index contributed by atoms with van der Waals surface area (Å²) in [7, 11) is 0. The van der Waals surface area contributed by atoms with E-state index in [0.717, 1.165) is 21.2 Å². The fraction of sp³-hybridized carbons (Fsp3) is 0.0714. The molecule has 3 nitrogen and oxygen atoms in total. The molecule has 1 atom stereocenters. The Morgan fingerprint density at radius 3 is 2.74 bits per heavy atom. The lowest BCUT2D eigenvalue weighted by molar-refractivity contribution is 0.400. The number of hydrogen-bond donors (Lipinski definition) is 1. The number of nitrogens with zero attached hydrogens (tertiary/aromatic N) is 2. The highest BCUT2D eigenvalue weighted by atomic mass is 32.2. The number of thioether (sulfide) groups is 2. The van der Waals surface area contributed by atoms with Crippen LogP contribution in [0.2, 0.25) is 0 Å². The average molecular weight is 286 g/mol. The first-order valence-electron chi connectivity index (χ1n) is 5.91. The van der Waals surface area contributed by atoms with E-state index < -0.39 is 0 Å². The Kier molecular flexibility index (Phi) is 2.50. The Labute approximate surface area is 119 Å². The molecule has 2 aliphatic rings. The van der Waals surface area contributed by atoms with Crippen molar-refractivity contribution < 1.29 is 5.11 Å². The fourth-order valence-corrected chi connectivity index (χ4v) is 4.95. The van der Waals surface area contributed by atoms with Gasteiger partial charge in [0.05, 0.1) is 9.80 Å². The Morgan fingerprint density at radius 2 is 1.89 bits per heavy atom. The molecule has 0 bridgehead atoms. The number of fused-ring (bicyclic) bond motifs is 3. The van der Waals surface area contributed by atoms with Gasteiger partial charge in [-0.1, -0.05) is 53.9 Å². The minimum absolute atomic E-state index is 0.153. The Morgan fingerprint density at radius 1 is 1.05 bits per heavy atom. The third-order valence-corrected chi connectivity index (χ3v) is 5.73. The molecule has 1 N–H and O–H groups in total. The van der Waals surface area contributed by atoms with Crippen LogP contribution in [0.4, 0.5) is 5.82 Å². The highest BCUT2D eigenvalue weighted by Gasteiger charge is 2.41. The van der Waals surface area contributed by atoms with Crippen molar-refractivity contribution in [2.75, 3.05) is 4.90 Å². The minimum Gasteiger partial charge on any atom is -0.494 e. The number of hydrogen-bond acceptors (Lipinski definition) is 5. The molecule has 3 heterocycles. The van der Waals surface area contributed by atoms with Crippen LogP contribution < -0.4 is 4.90 Å². The molecule has 94 valence electrons. The van der Waals surface area contributed by atoms with Gasteiger partial charge < -0.3 is 5.11 Å². The zero-order valence-corrected chi connectivity index (χ0v) is 11.5. The van der Waals surface area contributed by atoms with Crippen molar-refractivity contribution in [1.29, 1.82) is 0 Å². The van der Waals surface area contributed by atoms with Gasteiger partial charge in [-0.3, -0.25) is 4.90 Å². The molecule has 0 spiro atoms. The molecule has 0 amide bonds. The Bertz CT molecular complexity index is 672. The van der Waals surface area contributed by atoms with Crippen LogP contribution in [0.5, 0.6) is 0 Å². The maximum absolute atomic E-state index is 10.5. The molecule has 0 aliphatic carbocycles. The van der Waals surface area contributed by atoms with E-state index in [1.807, 2.05) is 47.4 Å². The van der Waals surface area contributed by atoms with Crippen molar-refractivity contribution >= 4 is 34.2 Å². The first kappa shape index (κ1) is 11.3. The van der Waals surface area contributed by atoms with Gasteiger partial charge >= 0.3 is 0 Å². The number of anilines is 1. The van der Waals surface area contributed by atoms with Crippen LogP contribution in [0, 0.1) is 0 Å². The standard InChI is InChI=1S/C14H10N2OS2/c17-13-11(9-5-2-1-3-6-9)19-14-16(13)12-10(18-14)7-4-8-15-12/h1-8,14,17H. The molecule has 4 rings (SSSR count). The molecule has 1 unspecified atom stereocenters. The molecular weight excluding hydrogens is 276 g/mol. The lowest BCUT2D eigenvalue weighted by Crippen LogP contribution is -2.21. The van der Waals surface area contributed by atoms with Gasteiger partial charge in [-0.05, 0) is 17.7 Å². The number of rotatable bonds is 1. The summed E-state index contributed by atoms with van der Waals surface area (Å²) < 4.78 is 0.153. The van der Waals surface area contributed by atoms with Gasteiger partial charge in [-0.25, -0.2) is 4.98 Å². The second kappa shape index (κ2) is 4.21. The van der Waals surface area contributed by atoms with E-state index in [1.165, 1.54) is 0 Å². The number of pyridine rings is 1. The van der Waals surface area contributed by atoms with Crippen molar-refractivity contribution in [2.45, 2.75) is 9.60 Å². The SMILES string of the molecule is OC1=C(c2ccccc2)SC2Sc3cccnc3N12. The predicted octanol–water partition coefficient (Wildman–Crippen LogP) is 3.91. The van der Waals surface area contributed by atoms with Crippen LogP contribution in [-0.4, -0.2) is 14.8 Å². The Balaban J connectivity index is 1.81. The van der Waals surface area contributed by atoms with E-state index in [-0.39, 0.29) is 4.71 Å². The van der Waals surface area contributed by atoms with E-state index in [9.17, 15) is 5.11 Å². The monoisotopic (exact) mass is 286 g/mol. The van der Waals surface area contributed by atoms with E-state index in [0.29, 0.717) is 5.88 Å². The van der Waals surface area contributed by atoms with Crippen molar-refractivity contribution in [3.8, 4) is 0 Å². The maximum Gasteiger partial charge on any atom is 0.209 e. The lowest BCUT2D eigenvalue weighted by atomic mass is 10.2. The van der Waals surface area contributed by atoms with Gasteiger partial charge in [0.25, 0.3) is 0 Å². The van der Waals surface area contributed by atoms with Gasteiger partial charge in [-0.15, -0.1) is 0 Å². The van der Waals surface area contributed by atoms with Crippen LogP contribution in [-0.2, 0) is 0 Å². The number of aliphatic hydroxyl groups excluding tert-OH is 1. The molecule has 1 aromatic heterocycles. The minimum atomic E-state index is 0.153. The first-order valence-corrected chi connectivity index (χ1v) is 7.67. The third kappa shape index (κ3) is 1.65.